The second-order valence-corrected chi connectivity index (χ2v) is 14.6. The number of hydrogen-bond acceptors (Lipinski definition) is 7. The van der Waals surface area contributed by atoms with Gasteiger partial charge in [0.15, 0.2) is 5.01 Å². The van der Waals surface area contributed by atoms with Gasteiger partial charge < -0.3 is 14.7 Å². The van der Waals surface area contributed by atoms with Gasteiger partial charge >= 0.3 is 0 Å². The van der Waals surface area contributed by atoms with Gasteiger partial charge in [-0.2, -0.15) is 4.31 Å². The molecule has 0 spiro atoms. The molecule has 6 rings (SSSR count). The Morgan fingerprint density at radius 2 is 1.74 bits per heavy atom. The first kappa shape index (κ1) is 31.2. The highest BCUT2D eigenvalue weighted by atomic mass is 35.5. The minimum Gasteiger partial charge on any atom is -0.343 e. The van der Waals surface area contributed by atoms with Crippen molar-refractivity contribution in [1.82, 2.24) is 24.0 Å². The number of sulfonamides is 1. The van der Waals surface area contributed by atoms with Gasteiger partial charge in [0.05, 0.1) is 16.6 Å². The van der Waals surface area contributed by atoms with Crippen molar-refractivity contribution >= 4 is 68.0 Å². The molecular weight excluding hydrogens is 617 g/mol. The van der Waals surface area contributed by atoms with E-state index in [9.17, 15) is 18.0 Å². The van der Waals surface area contributed by atoms with E-state index in [0.29, 0.717) is 23.1 Å². The fourth-order valence-electron chi connectivity index (χ4n) is 6.00. The van der Waals surface area contributed by atoms with Gasteiger partial charge in [-0.25, -0.2) is 13.4 Å². The van der Waals surface area contributed by atoms with E-state index in [1.807, 2.05) is 4.90 Å². The number of thiazole rings is 1. The highest BCUT2D eigenvalue weighted by molar-refractivity contribution is 7.89. The smallest absolute Gasteiger partial charge is 0.283 e. The van der Waals surface area contributed by atoms with E-state index in [-0.39, 0.29) is 55.2 Å². The van der Waals surface area contributed by atoms with Crippen LogP contribution in [0.3, 0.4) is 0 Å². The summed E-state index contributed by atoms with van der Waals surface area (Å²) in [6.07, 6.45) is 3.92. The Labute approximate surface area is 261 Å². The second kappa shape index (κ2) is 12.8. The Morgan fingerprint density at radius 3 is 2.52 bits per heavy atom. The second-order valence-electron chi connectivity index (χ2n) is 11.2. The number of benzene rings is 2. The van der Waals surface area contributed by atoms with Gasteiger partial charge in [0, 0.05) is 68.6 Å². The van der Waals surface area contributed by atoms with Crippen LogP contribution in [0.2, 0.25) is 5.02 Å². The minimum atomic E-state index is -3.86. The van der Waals surface area contributed by atoms with Crippen LogP contribution in [0.5, 0.6) is 0 Å². The van der Waals surface area contributed by atoms with E-state index in [2.05, 4.69) is 16.9 Å². The molecule has 0 saturated carbocycles. The van der Waals surface area contributed by atoms with Gasteiger partial charge in [-0.15, -0.1) is 23.7 Å². The van der Waals surface area contributed by atoms with Crippen molar-refractivity contribution in [3.8, 4) is 0 Å². The van der Waals surface area contributed by atoms with Crippen LogP contribution < -0.4 is 0 Å². The van der Waals surface area contributed by atoms with E-state index in [1.54, 1.807) is 41.3 Å². The van der Waals surface area contributed by atoms with Gasteiger partial charge in [0.1, 0.15) is 0 Å². The van der Waals surface area contributed by atoms with Crippen LogP contribution in [0.25, 0.3) is 10.8 Å². The summed E-state index contributed by atoms with van der Waals surface area (Å²) in [5.41, 5.74) is 0.969. The molecule has 9 nitrogen and oxygen atoms in total. The van der Waals surface area contributed by atoms with Crippen LogP contribution in [-0.4, -0.2) is 96.6 Å². The quantitative estimate of drug-likeness (QED) is 0.409. The number of amides is 2. The summed E-state index contributed by atoms with van der Waals surface area (Å²) >= 11 is 7.52. The molecule has 2 aromatic carbocycles. The molecule has 0 N–H and O–H groups in total. The first-order chi connectivity index (χ1) is 19.7. The summed E-state index contributed by atoms with van der Waals surface area (Å²) in [5.74, 6) is -0.252. The van der Waals surface area contributed by atoms with Gasteiger partial charge in [-0.1, -0.05) is 23.7 Å². The molecule has 226 valence electrons. The summed E-state index contributed by atoms with van der Waals surface area (Å²) in [7, 11) is -1.81. The van der Waals surface area contributed by atoms with Crippen molar-refractivity contribution in [1.29, 1.82) is 0 Å². The van der Waals surface area contributed by atoms with Crippen molar-refractivity contribution < 1.29 is 18.0 Å². The number of nitrogens with zero attached hydrogens (tertiary/aromatic N) is 5. The molecule has 2 fully saturated rings. The third kappa shape index (κ3) is 6.32. The molecule has 2 saturated heterocycles. The predicted molar refractivity (Wildman–Crippen MR) is 167 cm³/mol. The molecule has 0 aliphatic carbocycles. The van der Waals surface area contributed by atoms with Crippen LogP contribution in [0.1, 0.15) is 46.1 Å². The van der Waals surface area contributed by atoms with E-state index in [1.165, 1.54) is 15.6 Å². The molecule has 3 aromatic rings. The lowest BCUT2D eigenvalue weighted by atomic mass is 10.1. The van der Waals surface area contributed by atoms with Gasteiger partial charge in [0.2, 0.25) is 15.9 Å². The van der Waals surface area contributed by atoms with Crippen LogP contribution in [0.4, 0.5) is 0 Å². The van der Waals surface area contributed by atoms with E-state index in [0.717, 1.165) is 60.1 Å². The molecule has 13 heteroatoms. The third-order valence-electron chi connectivity index (χ3n) is 8.34. The Hall–Kier alpha value is -2.28. The maximum Gasteiger partial charge on any atom is 0.283 e. The van der Waals surface area contributed by atoms with Crippen molar-refractivity contribution in [2.45, 2.75) is 49.6 Å². The maximum absolute atomic E-state index is 13.8. The zero-order chi connectivity index (χ0) is 28.7. The van der Waals surface area contributed by atoms with Gasteiger partial charge in [0.25, 0.3) is 5.91 Å². The number of halogens is 2. The number of piperidine rings is 1. The summed E-state index contributed by atoms with van der Waals surface area (Å²) in [6.45, 7) is 3.47. The lowest BCUT2D eigenvalue weighted by Gasteiger charge is -2.41. The fourth-order valence-corrected chi connectivity index (χ4v) is 8.83. The standard InChI is InChI=1S/C29H34ClN5O4S2.ClH/c1-32-12-9-25-26(19-32)40-28(31-25)29(37)35-14-13-34(18-23(35)17-27(36)33-10-3-2-4-11-33)41(38,39)24-8-6-20-15-22(30)7-5-21(20)16-24;/h5-8,15-16,23H,2-4,9-14,17-19H2,1H3;1H. The average molecular weight is 653 g/mol. The number of fused-ring (bicyclic) bond motifs is 2. The SMILES string of the molecule is CN1CCc2nc(C(=O)N3CCN(S(=O)(=O)c4ccc5cc(Cl)ccc5c4)CC3CC(=O)N3CCCCC3)sc2C1.Cl. The molecule has 0 bridgehead atoms. The zero-order valence-corrected chi connectivity index (χ0v) is 26.7. The average Bonchev–Trinajstić information content (AvgIpc) is 3.40. The molecule has 0 radical (unpaired) electrons. The number of rotatable bonds is 5. The fraction of sp³-hybridized carbons (Fsp3) is 0.483. The molecule has 2 amide bonds. The summed E-state index contributed by atoms with van der Waals surface area (Å²) in [6, 6.07) is 9.77. The van der Waals surface area contributed by atoms with Crippen LogP contribution >= 0.6 is 35.3 Å². The summed E-state index contributed by atoms with van der Waals surface area (Å²) < 4.78 is 29.1. The largest absolute Gasteiger partial charge is 0.343 e. The monoisotopic (exact) mass is 651 g/mol. The topological polar surface area (TPSA) is 94.1 Å². The van der Waals surface area contributed by atoms with Crippen LogP contribution in [0, 0.1) is 0 Å². The lowest BCUT2D eigenvalue weighted by molar-refractivity contribution is -0.133. The highest BCUT2D eigenvalue weighted by Crippen LogP contribution is 2.30. The Balaban J connectivity index is 0.00000353. The van der Waals surface area contributed by atoms with Crippen molar-refractivity contribution in [3.63, 3.8) is 0 Å². The molecule has 42 heavy (non-hydrogen) atoms. The molecule has 3 aliphatic heterocycles. The number of carbonyl (C=O) groups is 2. The normalized spacial score (nSPS) is 20.3. The van der Waals surface area contributed by atoms with E-state index < -0.39 is 16.1 Å². The van der Waals surface area contributed by atoms with Crippen molar-refractivity contribution in [2.75, 3.05) is 46.3 Å². The maximum atomic E-state index is 13.8. The third-order valence-corrected chi connectivity index (χ3v) is 11.5. The highest BCUT2D eigenvalue weighted by Gasteiger charge is 2.39. The van der Waals surface area contributed by atoms with Crippen LogP contribution in [-0.2, 0) is 27.8 Å². The van der Waals surface area contributed by atoms with Gasteiger partial charge in [-0.05, 0) is 61.3 Å². The lowest BCUT2D eigenvalue weighted by Crippen LogP contribution is -2.57. The predicted octanol–water partition coefficient (Wildman–Crippen LogP) is 4.28. The number of piperazine rings is 1. The van der Waals surface area contributed by atoms with Crippen LogP contribution in [0.15, 0.2) is 41.3 Å². The van der Waals surface area contributed by atoms with Crippen molar-refractivity contribution in [2.24, 2.45) is 0 Å². The van der Waals surface area contributed by atoms with Crippen molar-refractivity contribution in [3.05, 3.63) is 57.0 Å². The Kier molecular flexibility index (Phi) is 9.46. The van der Waals surface area contributed by atoms with E-state index >= 15 is 0 Å². The number of carbonyl (C=O) groups excluding carboxylic acids is 2. The molecule has 1 atom stereocenters. The molecule has 4 heterocycles. The van der Waals surface area contributed by atoms with E-state index in [4.69, 9.17) is 11.6 Å². The molecule has 1 unspecified atom stereocenters. The number of likely N-dealkylation sites (N-methyl/N-ethyl adjacent to an activating group) is 1. The van der Waals surface area contributed by atoms with Gasteiger partial charge in [-0.3, -0.25) is 9.59 Å². The Morgan fingerprint density at radius 1 is 1.00 bits per heavy atom. The molecular formula is C29H35Cl2N5O4S2. The molecule has 1 aromatic heterocycles. The first-order valence-corrected chi connectivity index (χ1v) is 16.8. The number of aromatic nitrogens is 1. The number of hydrogen-bond donors (Lipinski definition) is 0. The first-order valence-electron chi connectivity index (χ1n) is 14.1. The summed E-state index contributed by atoms with van der Waals surface area (Å²) in [4.78, 5) is 38.9. The summed E-state index contributed by atoms with van der Waals surface area (Å²) in [5, 5.41) is 2.64. The number of likely N-dealkylation sites (tertiary alicyclic amines) is 1. The zero-order valence-electron chi connectivity index (χ0n) is 23.5. The Bertz CT molecular complexity index is 1590. The minimum absolute atomic E-state index is 0. The molecule has 3 aliphatic rings.